The molecule has 1 unspecified atom stereocenters. The van der Waals surface area contributed by atoms with Crippen LogP contribution >= 0.6 is 0 Å². The molecule has 110 valence electrons. The highest BCUT2D eigenvalue weighted by Crippen LogP contribution is 2.12. The fourth-order valence-corrected chi connectivity index (χ4v) is 2.96. The Balaban J connectivity index is 1.89. The lowest BCUT2D eigenvalue weighted by Gasteiger charge is -2.27. The van der Waals surface area contributed by atoms with Crippen molar-refractivity contribution in [3.05, 3.63) is 35.4 Å². The molecule has 1 saturated heterocycles. The van der Waals surface area contributed by atoms with Crippen molar-refractivity contribution in [2.24, 2.45) is 0 Å². The lowest BCUT2D eigenvalue weighted by Crippen LogP contribution is -2.39. The van der Waals surface area contributed by atoms with E-state index < -0.39 is 0 Å². The molecule has 1 heterocycles. The van der Waals surface area contributed by atoms with E-state index in [2.05, 4.69) is 23.8 Å². The standard InChI is InChI=1S/C17H26N2O/c1-14-6-4-7-16(12-14)17(20)8-11-19-10-5-9-18(3)13-15(19)2/h4,6-7,12,15H,5,8-11,13H2,1-3H3. The Hall–Kier alpha value is -1.19. The average Bonchev–Trinajstić information content (AvgIpc) is 2.57. The molecule has 0 spiro atoms. The van der Waals surface area contributed by atoms with E-state index in [0.29, 0.717) is 12.5 Å². The fraction of sp³-hybridized carbons (Fsp3) is 0.588. The summed E-state index contributed by atoms with van der Waals surface area (Å²) in [7, 11) is 2.18. The molecule has 0 aromatic heterocycles. The summed E-state index contributed by atoms with van der Waals surface area (Å²) in [5.41, 5.74) is 2.00. The molecule has 0 radical (unpaired) electrons. The summed E-state index contributed by atoms with van der Waals surface area (Å²) < 4.78 is 0. The summed E-state index contributed by atoms with van der Waals surface area (Å²) in [6, 6.07) is 8.44. The zero-order chi connectivity index (χ0) is 14.5. The first-order valence-electron chi connectivity index (χ1n) is 7.58. The van der Waals surface area contributed by atoms with Gasteiger partial charge in [-0.05, 0) is 46.5 Å². The van der Waals surface area contributed by atoms with E-state index in [0.717, 1.165) is 37.3 Å². The van der Waals surface area contributed by atoms with E-state index in [1.807, 2.05) is 31.2 Å². The van der Waals surface area contributed by atoms with Crippen LogP contribution in [0.5, 0.6) is 0 Å². The van der Waals surface area contributed by atoms with Crippen LogP contribution in [0.4, 0.5) is 0 Å². The maximum Gasteiger partial charge on any atom is 0.164 e. The van der Waals surface area contributed by atoms with Gasteiger partial charge in [-0.2, -0.15) is 0 Å². The van der Waals surface area contributed by atoms with Gasteiger partial charge in [-0.1, -0.05) is 23.8 Å². The highest BCUT2D eigenvalue weighted by molar-refractivity contribution is 5.96. The number of benzene rings is 1. The topological polar surface area (TPSA) is 23.6 Å². The number of rotatable bonds is 4. The largest absolute Gasteiger partial charge is 0.305 e. The number of hydrogen-bond acceptors (Lipinski definition) is 3. The summed E-state index contributed by atoms with van der Waals surface area (Å²) in [6.45, 7) is 8.53. The zero-order valence-corrected chi connectivity index (χ0v) is 12.9. The van der Waals surface area contributed by atoms with Crippen molar-refractivity contribution in [3.8, 4) is 0 Å². The summed E-state index contributed by atoms with van der Waals surface area (Å²) >= 11 is 0. The molecule has 0 N–H and O–H groups in total. The molecule has 2 rings (SSSR count). The van der Waals surface area contributed by atoms with Gasteiger partial charge in [0.25, 0.3) is 0 Å². The van der Waals surface area contributed by atoms with E-state index >= 15 is 0 Å². The number of hydrogen-bond donors (Lipinski definition) is 0. The predicted octanol–water partition coefficient (Wildman–Crippen LogP) is 2.59. The molecule has 1 aliphatic rings. The number of aryl methyl sites for hydroxylation is 1. The van der Waals surface area contributed by atoms with E-state index in [1.165, 1.54) is 6.42 Å². The smallest absolute Gasteiger partial charge is 0.164 e. The average molecular weight is 274 g/mol. The molecular weight excluding hydrogens is 248 g/mol. The quantitative estimate of drug-likeness (QED) is 0.789. The van der Waals surface area contributed by atoms with Gasteiger partial charge in [0.05, 0.1) is 0 Å². The Labute approximate surface area is 122 Å². The minimum Gasteiger partial charge on any atom is -0.305 e. The van der Waals surface area contributed by atoms with Crippen molar-refractivity contribution in [1.82, 2.24) is 9.80 Å². The Morgan fingerprint density at radius 1 is 1.35 bits per heavy atom. The number of likely N-dealkylation sites (N-methyl/N-ethyl adjacent to an activating group) is 1. The second-order valence-electron chi connectivity index (χ2n) is 6.04. The Morgan fingerprint density at radius 3 is 2.90 bits per heavy atom. The molecule has 1 fully saturated rings. The molecule has 0 bridgehead atoms. The van der Waals surface area contributed by atoms with Crippen LogP contribution in [0.25, 0.3) is 0 Å². The molecule has 1 aromatic rings. The lowest BCUT2D eigenvalue weighted by molar-refractivity contribution is 0.0953. The van der Waals surface area contributed by atoms with Gasteiger partial charge in [-0.3, -0.25) is 9.69 Å². The summed E-state index contributed by atoms with van der Waals surface area (Å²) in [5.74, 6) is 0.263. The molecule has 1 aliphatic heterocycles. The number of carbonyl (C=O) groups is 1. The van der Waals surface area contributed by atoms with Crippen molar-refractivity contribution in [1.29, 1.82) is 0 Å². The zero-order valence-electron chi connectivity index (χ0n) is 12.9. The molecule has 3 heteroatoms. The molecule has 0 amide bonds. The minimum atomic E-state index is 0.263. The number of Topliss-reactive ketones (excluding diaryl/α,β-unsaturated/α-hetero) is 1. The lowest BCUT2D eigenvalue weighted by atomic mass is 10.1. The van der Waals surface area contributed by atoms with Crippen LogP contribution < -0.4 is 0 Å². The van der Waals surface area contributed by atoms with Gasteiger partial charge in [0.1, 0.15) is 0 Å². The molecule has 3 nitrogen and oxygen atoms in total. The van der Waals surface area contributed by atoms with Crippen molar-refractivity contribution >= 4 is 5.78 Å². The Morgan fingerprint density at radius 2 is 2.15 bits per heavy atom. The Bertz CT molecular complexity index is 458. The Kier molecular flexibility index (Phi) is 5.32. The fourth-order valence-electron chi connectivity index (χ4n) is 2.96. The first-order valence-corrected chi connectivity index (χ1v) is 7.58. The highest BCUT2D eigenvalue weighted by Gasteiger charge is 2.20. The van der Waals surface area contributed by atoms with Crippen LogP contribution in [0.2, 0.25) is 0 Å². The number of carbonyl (C=O) groups excluding carboxylic acids is 1. The molecule has 1 aromatic carbocycles. The molecule has 0 aliphatic carbocycles. The van der Waals surface area contributed by atoms with Crippen LogP contribution in [-0.2, 0) is 0 Å². The van der Waals surface area contributed by atoms with E-state index in [4.69, 9.17) is 0 Å². The molecule has 1 atom stereocenters. The molecule has 0 saturated carbocycles. The van der Waals surface area contributed by atoms with Crippen LogP contribution in [-0.4, -0.2) is 54.9 Å². The van der Waals surface area contributed by atoms with Crippen molar-refractivity contribution in [3.63, 3.8) is 0 Å². The van der Waals surface area contributed by atoms with Crippen molar-refractivity contribution in [2.45, 2.75) is 32.7 Å². The number of ketones is 1. The summed E-state index contributed by atoms with van der Waals surface area (Å²) in [6.07, 6.45) is 1.82. The third kappa shape index (κ3) is 4.15. The second kappa shape index (κ2) is 7.00. The number of nitrogens with zero attached hydrogens (tertiary/aromatic N) is 2. The van der Waals surface area contributed by atoms with Crippen LogP contribution in [0.3, 0.4) is 0 Å². The van der Waals surface area contributed by atoms with E-state index in [9.17, 15) is 4.79 Å². The third-order valence-electron chi connectivity index (χ3n) is 4.15. The normalized spacial score (nSPS) is 21.6. The maximum atomic E-state index is 12.3. The van der Waals surface area contributed by atoms with Gasteiger partial charge >= 0.3 is 0 Å². The van der Waals surface area contributed by atoms with Gasteiger partial charge in [0.15, 0.2) is 5.78 Å². The molecule has 20 heavy (non-hydrogen) atoms. The first-order chi connectivity index (χ1) is 9.56. The monoisotopic (exact) mass is 274 g/mol. The summed E-state index contributed by atoms with van der Waals surface area (Å²) in [4.78, 5) is 17.1. The first kappa shape index (κ1) is 15.2. The van der Waals surface area contributed by atoms with Crippen LogP contribution in [0.15, 0.2) is 24.3 Å². The minimum absolute atomic E-state index is 0.263. The van der Waals surface area contributed by atoms with Crippen LogP contribution in [0.1, 0.15) is 35.7 Å². The maximum absolute atomic E-state index is 12.3. The van der Waals surface area contributed by atoms with Gasteiger partial charge in [-0.15, -0.1) is 0 Å². The highest BCUT2D eigenvalue weighted by atomic mass is 16.1. The van der Waals surface area contributed by atoms with Gasteiger partial charge in [0.2, 0.25) is 0 Å². The second-order valence-corrected chi connectivity index (χ2v) is 6.04. The van der Waals surface area contributed by atoms with E-state index in [1.54, 1.807) is 0 Å². The van der Waals surface area contributed by atoms with Crippen LogP contribution in [0, 0.1) is 6.92 Å². The van der Waals surface area contributed by atoms with Crippen molar-refractivity contribution < 1.29 is 4.79 Å². The summed E-state index contributed by atoms with van der Waals surface area (Å²) in [5, 5.41) is 0. The van der Waals surface area contributed by atoms with Gasteiger partial charge < -0.3 is 4.90 Å². The predicted molar refractivity (Wildman–Crippen MR) is 83.3 cm³/mol. The van der Waals surface area contributed by atoms with E-state index in [-0.39, 0.29) is 5.78 Å². The van der Waals surface area contributed by atoms with Gasteiger partial charge in [0, 0.05) is 31.1 Å². The van der Waals surface area contributed by atoms with Gasteiger partial charge in [-0.25, -0.2) is 0 Å². The molecular formula is C17H26N2O. The SMILES string of the molecule is Cc1cccc(C(=O)CCN2CCCN(C)CC2C)c1. The third-order valence-corrected chi connectivity index (χ3v) is 4.15. The van der Waals surface area contributed by atoms with Crippen molar-refractivity contribution in [2.75, 3.05) is 33.2 Å².